The lowest BCUT2D eigenvalue weighted by Crippen LogP contribution is -2.34. The van der Waals surface area contributed by atoms with E-state index in [1.54, 1.807) is 7.11 Å². The zero-order valence-corrected chi connectivity index (χ0v) is 12.8. The molecule has 1 fully saturated rings. The van der Waals surface area contributed by atoms with Crippen molar-refractivity contribution in [2.24, 2.45) is 10.9 Å². The maximum Gasteiger partial charge on any atom is 0.118 e. The Bertz CT molecular complexity index is 437. The van der Waals surface area contributed by atoms with Crippen LogP contribution in [-0.2, 0) is 4.74 Å². The number of benzene rings is 1. The molecule has 0 N–H and O–H groups in total. The molecule has 1 atom stereocenters. The molecule has 1 aromatic rings. The van der Waals surface area contributed by atoms with Crippen molar-refractivity contribution in [3.05, 3.63) is 29.8 Å². The van der Waals surface area contributed by atoms with Gasteiger partial charge in [-0.05, 0) is 68.9 Å². The van der Waals surface area contributed by atoms with E-state index in [9.17, 15) is 0 Å². The number of hydrogen-bond acceptors (Lipinski definition) is 3. The Balaban J connectivity index is 1.75. The molecule has 3 nitrogen and oxygen atoms in total. The summed E-state index contributed by atoms with van der Waals surface area (Å²) in [6.45, 7) is 6.15. The first-order valence-corrected chi connectivity index (χ1v) is 7.37. The molecule has 0 aromatic heterocycles. The van der Waals surface area contributed by atoms with Crippen LogP contribution in [0.2, 0.25) is 0 Å². The van der Waals surface area contributed by atoms with Gasteiger partial charge in [0.25, 0.3) is 0 Å². The highest BCUT2D eigenvalue weighted by Crippen LogP contribution is 2.30. The van der Waals surface area contributed by atoms with E-state index >= 15 is 0 Å². The summed E-state index contributed by atoms with van der Waals surface area (Å²) in [6, 6.07) is 7.98. The number of nitrogens with zero attached hydrogens (tertiary/aromatic N) is 1. The fourth-order valence-electron chi connectivity index (χ4n) is 2.72. The van der Waals surface area contributed by atoms with Crippen molar-refractivity contribution in [2.75, 3.05) is 20.3 Å². The molecule has 0 radical (unpaired) electrons. The molecule has 0 bridgehead atoms. The molecule has 110 valence electrons. The fourth-order valence-corrected chi connectivity index (χ4v) is 2.72. The van der Waals surface area contributed by atoms with Crippen molar-refractivity contribution in [3.63, 3.8) is 0 Å². The highest BCUT2D eigenvalue weighted by Gasteiger charge is 2.28. The van der Waals surface area contributed by atoms with Gasteiger partial charge in [0.2, 0.25) is 0 Å². The van der Waals surface area contributed by atoms with Crippen LogP contribution in [0.1, 0.15) is 38.7 Å². The summed E-state index contributed by atoms with van der Waals surface area (Å²) >= 11 is 0. The first-order chi connectivity index (χ1) is 9.59. The molecule has 20 heavy (non-hydrogen) atoms. The lowest BCUT2D eigenvalue weighted by Gasteiger charge is -2.35. The van der Waals surface area contributed by atoms with E-state index in [1.807, 2.05) is 30.5 Å². The minimum atomic E-state index is 0.0443. The van der Waals surface area contributed by atoms with Crippen LogP contribution in [0.3, 0.4) is 0 Å². The molecule has 0 aliphatic carbocycles. The van der Waals surface area contributed by atoms with Gasteiger partial charge in [-0.2, -0.15) is 0 Å². The maximum atomic E-state index is 5.74. The summed E-state index contributed by atoms with van der Waals surface area (Å²) in [6.07, 6.45) is 5.41. The number of hydrogen-bond donors (Lipinski definition) is 0. The summed E-state index contributed by atoms with van der Waals surface area (Å²) in [5, 5.41) is 0. The van der Waals surface area contributed by atoms with Crippen LogP contribution in [0.15, 0.2) is 29.3 Å². The summed E-state index contributed by atoms with van der Waals surface area (Å²) in [5.74, 6) is 1.62. The average molecular weight is 275 g/mol. The van der Waals surface area contributed by atoms with E-state index in [0.717, 1.165) is 43.2 Å². The molecule has 1 aliphatic heterocycles. The normalized spacial score (nSPS) is 22.1. The van der Waals surface area contributed by atoms with Crippen molar-refractivity contribution in [2.45, 2.75) is 38.7 Å². The van der Waals surface area contributed by atoms with Gasteiger partial charge in [0.1, 0.15) is 5.75 Å². The molecule has 1 aliphatic rings. The minimum Gasteiger partial charge on any atom is -0.497 e. The maximum absolute atomic E-state index is 5.74. The van der Waals surface area contributed by atoms with Crippen molar-refractivity contribution >= 4 is 6.21 Å². The van der Waals surface area contributed by atoms with Gasteiger partial charge >= 0.3 is 0 Å². The van der Waals surface area contributed by atoms with Gasteiger partial charge in [-0.3, -0.25) is 4.99 Å². The number of aliphatic imine (C=N–C) groups is 1. The Labute approximate surface area is 122 Å². The van der Waals surface area contributed by atoms with E-state index in [0.29, 0.717) is 0 Å². The minimum absolute atomic E-state index is 0.0443. The predicted molar refractivity (Wildman–Crippen MR) is 82.8 cm³/mol. The fraction of sp³-hybridized carbons (Fsp3) is 0.588. The van der Waals surface area contributed by atoms with Gasteiger partial charge in [0.05, 0.1) is 12.7 Å². The second-order valence-electron chi connectivity index (χ2n) is 6.06. The molecule has 0 saturated carbocycles. The number of ether oxygens (including phenoxy) is 2. The Morgan fingerprint density at radius 2 is 2.10 bits per heavy atom. The van der Waals surface area contributed by atoms with Crippen LogP contribution in [0.25, 0.3) is 0 Å². The molecule has 0 amide bonds. The van der Waals surface area contributed by atoms with Crippen molar-refractivity contribution in [1.29, 1.82) is 0 Å². The molecule has 3 heteroatoms. The third-order valence-corrected chi connectivity index (χ3v) is 3.82. The molecular formula is C17H25NO2. The molecule has 1 saturated heterocycles. The van der Waals surface area contributed by atoms with E-state index in [2.05, 4.69) is 18.8 Å². The number of methoxy groups -OCH3 is 1. The van der Waals surface area contributed by atoms with E-state index in [1.165, 1.54) is 6.42 Å². The van der Waals surface area contributed by atoms with E-state index < -0.39 is 0 Å². The van der Waals surface area contributed by atoms with Gasteiger partial charge < -0.3 is 9.47 Å². The summed E-state index contributed by atoms with van der Waals surface area (Å²) in [7, 11) is 1.68. The highest BCUT2D eigenvalue weighted by atomic mass is 16.5. The van der Waals surface area contributed by atoms with Crippen LogP contribution in [0.4, 0.5) is 0 Å². The Hall–Kier alpha value is -1.35. The smallest absolute Gasteiger partial charge is 0.118 e. The lowest BCUT2D eigenvalue weighted by molar-refractivity contribution is -0.0730. The average Bonchev–Trinajstić information content (AvgIpc) is 2.43. The van der Waals surface area contributed by atoms with Crippen LogP contribution in [0, 0.1) is 5.92 Å². The molecule has 1 heterocycles. The van der Waals surface area contributed by atoms with Crippen molar-refractivity contribution in [1.82, 2.24) is 0 Å². The molecule has 0 unspecified atom stereocenters. The van der Waals surface area contributed by atoms with Gasteiger partial charge in [-0.25, -0.2) is 0 Å². The standard InChI is InChI=1S/C17H25NO2/c1-17(2)12-14(9-11-20-17)8-10-18-13-15-4-6-16(19-3)7-5-15/h4-7,13-14H,8-12H2,1-3H3/t14-/m0/s1. The molecule has 2 rings (SSSR count). The summed E-state index contributed by atoms with van der Waals surface area (Å²) < 4.78 is 10.9. The van der Waals surface area contributed by atoms with Crippen LogP contribution >= 0.6 is 0 Å². The van der Waals surface area contributed by atoms with Gasteiger partial charge in [-0.1, -0.05) is 0 Å². The first-order valence-electron chi connectivity index (χ1n) is 7.37. The summed E-state index contributed by atoms with van der Waals surface area (Å²) in [4.78, 5) is 4.53. The third kappa shape index (κ3) is 4.64. The highest BCUT2D eigenvalue weighted by molar-refractivity contribution is 5.79. The van der Waals surface area contributed by atoms with Crippen molar-refractivity contribution < 1.29 is 9.47 Å². The SMILES string of the molecule is COc1ccc(C=NCC[C@H]2CCOC(C)(C)C2)cc1. The second-order valence-corrected chi connectivity index (χ2v) is 6.06. The van der Waals surface area contributed by atoms with Gasteiger partial charge in [0.15, 0.2) is 0 Å². The van der Waals surface area contributed by atoms with Crippen molar-refractivity contribution in [3.8, 4) is 5.75 Å². The van der Waals surface area contributed by atoms with Gasteiger partial charge in [-0.15, -0.1) is 0 Å². The molecule has 0 spiro atoms. The topological polar surface area (TPSA) is 30.8 Å². The summed E-state index contributed by atoms with van der Waals surface area (Å²) in [5.41, 5.74) is 1.17. The Morgan fingerprint density at radius 3 is 2.75 bits per heavy atom. The zero-order valence-electron chi connectivity index (χ0n) is 12.8. The first kappa shape index (κ1) is 15.0. The zero-order chi connectivity index (χ0) is 14.4. The quantitative estimate of drug-likeness (QED) is 0.767. The van der Waals surface area contributed by atoms with E-state index in [-0.39, 0.29) is 5.60 Å². The lowest BCUT2D eigenvalue weighted by atomic mass is 9.86. The van der Waals surface area contributed by atoms with Crippen LogP contribution < -0.4 is 4.74 Å². The van der Waals surface area contributed by atoms with Crippen LogP contribution in [0.5, 0.6) is 5.75 Å². The molecular weight excluding hydrogens is 250 g/mol. The largest absolute Gasteiger partial charge is 0.497 e. The van der Waals surface area contributed by atoms with Gasteiger partial charge in [0, 0.05) is 19.4 Å². The van der Waals surface area contributed by atoms with Crippen LogP contribution in [-0.4, -0.2) is 32.1 Å². The molecule has 1 aromatic carbocycles. The second kappa shape index (κ2) is 6.89. The number of rotatable bonds is 5. The van der Waals surface area contributed by atoms with E-state index in [4.69, 9.17) is 9.47 Å². The predicted octanol–water partition coefficient (Wildman–Crippen LogP) is 3.71. The monoisotopic (exact) mass is 275 g/mol. The Morgan fingerprint density at radius 1 is 1.35 bits per heavy atom. The Kier molecular flexibility index (Phi) is 5.18. The third-order valence-electron chi connectivity index (χ3n) is 3.82.